The second-order valence-corrected chi connectivity index (χ2v) is 7.87. The van der Waals surface area contributed by atoms with E-state index in [9.17, 15) is 0 Å². The van der Waals surface area contributed by atoms with Crippen molar-refractivity contribution in [3.05, 3.63) is 80.9 Å². The summed E-state index contributed by atoms with van der Waals surface area (Å²) >= 11 is 0. The number of hydrogen-bond acceptors (Lipinski definition) is 2. The molecule has 1 aliphatic rings. The van der Waals surface area contributed by atoms with Crippen molar-refractivity contribution in [2.45, 2.75) is 41.0 Å². The third-order valence-electron chi connectivity index (χ3n) is 6.10. The van der Waals surface area contributed by atoms with Crippen LogP contribution in [0, 0.1) is 26.2 Å². The first-order valence-corrected chi connectivity index (χ1v) is 9.57. The predicted molar refractivity (Wildman–Crippen MR) is 118 cm³/mol. The molecular formula is C25H30N2. The average molecular weight is 359 g/mol. The van der Waals surface area contributed by atoms with E-state index in [4.69, 9.17) is 5.41 Å². The highest BCUT2D eigenvalue weighted by Crippen LogP contribution is 2.37. The average Bonchev–Trinajstić information content (AvgIpc) is 2.97. The molecule has 1 N–H and O–H groups in total. The molecule has 0 amide bonds. The van der Waals surface area contributed by atoms with Gasteiger partial charge in [0.2, 0.25) is 0 Å². The second kappa shape index (κ2) is 7.19. The molecule has 0 aliphatic heterocycles. The molecule has 0 fully saturated rings. The van der Waals surface area contributed by atoms with Crippen LogP contribution in [0.4, 0.5) is 5.69 Å². The number of allylic oxidation sites excluding steroid dienone is 4. The van der Waals surface area contributed by atoms with Crippen molar-refractivity contribution in [2.75, 3.05) is 19.0 Å². The first-order valence-electron chi connectivity index (χ1n) is 9.57. The lowest BCUT2D eigenvalue weighted by molar-refractivity contribution is 1.13. The van der Waals surface area contributed by atoms with Crippen LogP contribution in [-0.4, -0.2) is 19.8 Å². The van der Waals surface area contributed by atoms with Gasteiger partial charge in [-0.2, -0.15) is 0 Å². The summed E-state index contributed by atoms with van der Waals surface area (Å²) < 4.78 is 0. The van der Waals surface area contributed by atoms with Gasteiger partial charge in [-0.15, -0.1) is 0 Å². The van der Waals surface area contributed by atoms with Crippen molar-refractivity contribution in [3.8, 4) is 0 Å². The Bertz CT molecular complexity index is 988. The number of rotatable bonds is 4. The van der Waals surface area contributed by atoms with Gasteiger partial charge in [-0.25, -0.2) is 0 Å². The van der Waals surface area contributed by atoms with E-state index in [1.165, 1.54) is 39.0 Å². The third-order valence-corrected chi connectivity index (χ3v) is 6.10. The van der Waals surface area contributed by atoms with Crippen LogP contribution >= 0.6 is 0 Å². The van der Waals surface area contributed by atoms with Crippen molar-refractivity contribution < 1.29 is 0 Å². The van der Waals surface area contributed by atoms with Gasteiger partial charge in [0.1, 0.15) is 0 Å². The summed E-state index contributed by atoms with van der Waals surface area (Å²) in [5.41, 5.74) is 12.8. The normalized spacial score (nSPS) is 13.8. The monoisotopic (exact) mass is 358 g/mol. The molecule has 0 atom stereocenters. The molecule has 140 valence electrons. The van der Waals surface area contributed by atoms with Gasteiger partial charge >= 0.3 is 0 Å². The standard InChI is InChI=1S/C25H30N2/c1-15-9-12-22(19(5)17(15)3)25(26)24-14-20(27(6)7)10-13-23(24)21-11-8-16(2)18(21)4/h8-10,12-14,26H,11H2,1-7H3. The van der Waals surface area contributed by atoms with Crippen molar-refractivity contribution in [1.29, 1.82) is 5.41 Å². The Balaban J connectivity index is 2.20. The fourth-order valence-corrected chi connectivity index (χ4v) is 3.76. The van der Waals surface area contributed by atoms with Crippen molar-refractivity contribution >= 4 is 17.0 Å². The summed E-state index contributed by atoms with van der Waals surface area (Å²) in [7, 11) is 4.10. The van der Waals surface area contributed by atoms with Crippen LogP contribution < -0.4 is 4.90 Å². The van der Waals surface area contributed by atoms with Crippen LogP contribution in [0.2, 0.25) is 0 Å². The Morgan fingerprint density at radius 1 is 0.889 bits per heavy atom. The Morgan fingerprint density at radius 3 is 2.19 bits per heavy atom. The zero-order valence-corrected chi connectivity index (χ0v) is 17.6. The van der Waals surface area contributed by atoms with E-state index >= 15 is 0 Å². The predicted octanol–water partition coefficient (Wildman–Crippen LogP) is 6.22. The Morgan fingerprint density at radius 2 is 1.59 bits per heavy atom. The Labute approximate surface area is 163 Å². The van der Waals surface area contributed by atoms with Crippen LogP contribution in [0.25, 0.3) is 5.57 Å². The van der Waals surface area contributed by atoms with E-state index in [1.54, 1.807) is 0 Å². The number of nitrogens with one attached hydrogen (secondary N) is 1. The van der Waals surface area contributed by atoms with E-state index in [1.807, 2.05) is 0 Å². The number of anilines is 1. The minimum absolute atomic E-state index is 0.610. The lowest BCUT2D eigenvalue weighted by Crippen LogP contribution is -2.13. The van der Waals surface area contributed by atoms with Gasteiger partial charge in [-0.3, -0.25) is 5.41 Å². The highest BCUT2D eigenvalue weighted by atomic mass is 15.1. The fourth-order valence-electron chi connectivity index (χ4n) is 3.76. The summed E-state index contributed by atoms with van der Waals surface area (Å²) in [5, 5.41) is 9.08. The van der Waals surface area contributed by atoms with Gasteiger partial charge < -0.3 is 4.90 Å². The van der Waals surface area contributed by atoms with Gasteiger partial charge in [-0.05, 0) is 86.6 Å². The molecule has 3 rings (SSSR count). The quantitative estimate of drug-likeness (QED) is 0.646. The van der Waals surface area contributed by atoms with E-state index in [0.29, 0.717) is 5.71 Å². The number of nitrogens with zero attached hydrogens (tertiary/aromatic N) is 1. The molecule has 2 nitrogen and oxygen atoms in total. The maximum atomic E-state index is 9.08. The van der Waals surface area contributed by atoms with Crippen molar-refractivity contribution in [2.24, 2.45) is 0 Å². The number of aryl methyl sites for hydroxylation is 1. The zero-order valence-electron chi connectivity index (χ0n) is 17.6. The van der Waals surface area contributed by atoms with E-state index in [2.05, 4.69) is 90.0 Å². The smallest absolute Gasteiger partial charge is 0.0694 e. The molecule has 2 aromatic carbocycles. The molecule has 27 heavy (non-hydrogen) atoms. The molecule has 0 heterocycles. The molecule has 0 saturated carbocycles. The second-order valence-electron chi connectivity index (χ2n) is 7.87. The molecule has 0 aromatic heterocycles. The molecule has 0 radical (unpaired) electrons. The summed E-state index contributed by atoms with van der Waals surface area (Å²) in [6.45, 7) is 10.8. The van der Waals surface area contributed by atoms with Crippen molar-refractivity contribution in [1.82, 2.24) is 0 Å². The summed E-state index contributed by atoms with van der Waals surface area (Å²) in [5.74, 6) is 0. The maximum absolute atomic E-state index is 9.08. The molecule has 0 unspecified atom stereocenters. The molecule has 2 heteroatoms. The number of benzene rings is 2. The summed E-state index contributed by atoms with van der Waals surface area (Å²) in [6.07, 6.45) is 3.24. The SMILES string of the molecule is CC1=CCC(c2ccc(N(C)C)cc2C(=N)c2ccc(C)c(C)c2C)=C1C. The van der Waals surface area contributed by atoms with Gasteiger partial charge in [0.05, 0.1) is 5.71 Å². The number of hydrogen-bond donors (Lipinski definition) is 1. The molecular weight excluding hydrogens is 328 g/mol. The molecule has 0 saturated heterocycles. The summed E-state index contributed by atoms with van der Waals surface area (Å²) in [6, 6.07) is 10.8. The minimum Gasteiger partial charge on any atom is -0.378 e. The Kier molecular flexibility index (Phi) is 5.10. The first kappa shape index (κ1) is 19.2. The van der Waals surface area contributed by atoms with Crippen LogP contribution in [0.3, 0.4) is 0 Å². The van der Waals surface area contributed by atoms with E-state index in [0.717, 1.165) is 23.2 Å². The molecule has 0 spiro atoms. The topological polar surface area (TPSA) is 27.1 Å². The van der Waals surface area contributed by atoms with E-state index < -0.39 is 0 Å². The van der Waals surface area contributed by atoms with Crippen LogP contribution in [0.5, 0.6) is 0 Å². The van der Waals surface area contributed by atoms with Gasteiger partial charge in [-0.1, -0.05) is 29.8 Å². The van der Waals surface area contributed by atoms with Crippen LogP contribution in [0.1, 0.15) is 53.6 Å². The minimum atomic E-state index is 0.610. The highest BCUT2D eigenvalue weighted by molar-refractivity contribution is 6.15. The molecule has 0 bridgehead atoms. The van der Waals surface area contributed by atoms with Crippen LogP contribution in [0.15, 0.2) is 47.6 Å². The lowest BCUT2D eigenvalue weighted by atomic mass is 9.87. The third kappa shape index (κ3) is 3.37. The van der Waals surface area contributed by atoms with Crippen LogP contribution in [-0.2, 0) is 0 Å². The van der Waals surface area contributed by atoms with Gasteiger partial charge in [0.25, 0.3) is 0 Å². The summed E-state index contributed by atoms with van der Waals surface area (Å²) in [4.78, 5) is 2.10. The van der Waals surface area contributed by atoms with Gasteiger partial charge in [0, 0.05) is 30.9 Å². The van der Waals surface area contributed by atoms with E-state index in [-0.39, 0.29) is 0 Å². The lowest BCUT2D eigenvalue weighted by Gasteiger charge is -2.20. The Hall–Kier alpha value is -2.61. The van der Waals surface area contributed by atoms with Crippen molar-refractivity contribution in [3.63, 3.8) is 0 Å². The zero-order chi connectivity index (χ0) is 19.9. The fraction of sp³-hybridized carbons (Fsp3) is 0.320. The first-order chi connectivity index (χ1) is 12.7. The highest BCUT2D eigenvalue weighted by Gasteiger charge is 2.20. The molecule has 1 aliphatic carbocycles. The largest absolute Gasteiger partial charge is 0.378 e. The maximum Gasteiger partial charge on any atom is 0.0694 e. The molecule has 2 aromatic rings. The van der Waals surface area contributed by atoms with Gasteiger partial charge in [0.15, 0.2) is 0 Å².